The molecule has 0 saturated heterocycles. The van der Waals surface area contributed by atoms with E-state index in [0.29, 0.717) is 35.3 Å². The molecule has 2 aromatic heterocycles. The highest BCUT2D eigenvalue weighted by Crippen LogP contribution is 2.31. The molecule has 0 saturated carbocycles. The monoisotopic (exact) mass is 415 g/mol. The quantitative estimate of drug-likeness (QED) is 0.644. The third-order valence-electron chi connectivity index (χ3n) is 4.25. The van der Waals surface area contributed by atoms with E-state index in [4.69, 9.17) is 4.74 Å². The maximum Gasteiger partial charge on any atom is 0.573 e. The summed E-state index contributed by atoms with van der Waals surface area (Å²) < 4.78 is 46.1. The van der Waals surface area contributed by atoms with E-state index in [-0.39, 0.29) is 5.75 Å². The third kappa shape index (κ3) is 4.43. The first kappa shape index (κ1) is 19.5. The van der Waals surface area contributed by atoms with E-state index in [0.717, 1.165) is 11.1 Å². The van der Waals surface area contributed by atoms with E-state index < -0.39 is 6.36 Å². The van der Waals surface area contributed by atoms with Crippen molar-refractivity contribution in [3.63, 3.8) is 0 Å². The number of halogens is 3. The first-order chi connectivity index (χ1) is 14.4. The molecule has 0 aliphatic carbocycles. The van der Waals surface area contributed by atoms with Gasteiger partial charge in [-0.1, -0.05) is 0 Å². The van der Waals surface area contributed by atoms with Gasteiger partial charge in [-0.2, -0.15) is 0 Å². The molecule has 0 spiro atoms. The van der Waals surface area contributed by atoms with Crippen LogP contribution in [0.4, 0.5) is 24.7 Å². The lowest BCUT2D eigenvalue weighted by atomic mass is 10.0. The van der Waals surface area contributed by atoms with Crippen LogP contribution in [0.5, 0.6) is 11.6 Å². The average Bonchev–Trinajstić information content (AvgIpc) is 2.74. The Balaban J connectivity index is 1.68. The standard InChI is InChI=1S/C20H16F3N5O2/c1-29-18-11-25-10-17(27-18)16-8-12-6-7-24-9-15(12)19(28-16)26-13-2-4-14(5-3-13)30-20(21,22)23/h2-8,10-11,24H,9H2,1H3,(H,26,28). The zero-order valence-electron chi connectivity index (χ0n) is 15.7. The maximum absolute atomic E-state index is 12.4. The molecule has 3 heterocycles. The Kier molecular flexibility index (Phi) is 5.13. The topological polar surface area (TPSA) is 81.2 Å². The summed E-state index contributed by atoms with van der Waals surface area (Å²) in [6, 6.07) is 7.33. The predicted octanol–water partition coefficient (Wildman–Crippen LogP) is 4.26. The molecule has 4 rings (SSSR count). The van der Waals surface area contributed by atoms with Gasteiger partial charge in [0.15, 0.2) is 0 Å². The van der Waals surface area contributed by atoms with E-state index in [9.17, 15) is 13.2 Å². The van der Waals surface area contributed by atoms with Crippen LogP contribution < -0.4 is 20.1 Å². The van der Waals surface area contributed by atoms with Crippen molar-refractivity contribution in [2.75, 3.05) is 12.4 Å². The van der Waals surface area contributed by atoms with Gasteiger partial charge in [0.1, 0.15) is 17.3 Å². The first-order valence-electron chi connectivity index (χ1n) is 8.84. The maximum atomic E-state index is 12.4. The fourth-order valence-electron chi connectivity index (χ4n) is 2.92. The molecule has 10 heteroatoms. The fraction of sp³-hybridized carbons (Fsp3) is 0.150. The second-order valence-corrected chi connectivity index (χ2v) is 6.28. The Bertz CT molecular complexity index is 1080. The van der Waals surface area contributed by atoms with Crippen molar-refractivity contribution in [2.45, 2.75) is 12.9 Å². The number of rotatable bonds is 5. The predicted molar refractivity (Wildman–Crippen MR) is 104 cm³/mol. The molecule has 0 fully saturated rings. The number of fused-ring (bicyclic) bond motifs is 1. The Hall–Kier alpha value is -3.82. The SMILES string of the molecule is COc1cncc(-c2cc3c(c(Nc4ccc(OC(F)(F)F)cc4)n2)CNC=C3)n1. The second kappa shape index (κ2) is 7.90. The largest absolute Gasteiger partial charge is 0.573 e. The number of methoxy groups -OCH3 is 1. The van der Waals surface area contributed by atoms with Crippen LogP contribution in [0.1, 0.15) is 11.1 Å². The van der Waals surface area contributed by atoms with Gasteiger partial charge in [-0.3, -0.25) is 4.98 Å². The van der Waals surface area contributed by atoms with Crippen LogP contribution in [-0.4, -0.2) is 28.4 Å². The molecule has 1 aromatic carbocycles. The van der Waals surface area contributed by atoms with Gasteiger partial charge in [-0.15, -0.1) is 13.2 Å². The van der Waals surface area contributed by atoms with E-state index in [1.165, 1.54) is 37.6 Å². The lowest BCUT2D eigenvalue weighted by Gasteiger charge is -2.19. The molecule has 0 radical (unpaired) electrons. The molecule has 0 atom stereocenters. The van der Waals surface area contributed by atoms with Crippen LogP contribution in [0.25, 0.3) is 17.5 Å². The van der Waals surface area contributed by atoms with Crippen LogP contribution in [0.15, 0.2) is 48.9 Å². The van der Waals surface area contributed by atoms with Crippen LogP contribution in [-0.2, 0) is 6.54 Å². The number of hydrogen-bond acceptors (Lipinski definition) is 7. The summed E-state index contributed by atoms with van der Waals surface area (Å²) in [7, 11) is 1.50. The minimum atomic E-state index is -4.74. The summed E-state index contributed by atoms with van der Waals surface area (Å²) in [5.74, 6) is 0.612. The Morgan fingerprint density at radius 3 is 2.60 bits per heavy atom. The Morgan fingerprint density at radius 2 is 1.87 bits per heavy atom. The molecule has 30 heavy (non-hydrogen) atoms. The highest BCUT2D eigenvalue weighted by molar-refractivity contribution is 5.73. The number of aromatic nitrogens is 3. The summed E-state index contributed by atoms with van der Waals surface area (Å²) in [5, 5.41) is 6.29. The van der Waals surface area contributed by atoms with Gasteiger partial charge >= 0.3 is 6.36 Å². The van der Waals surface area contributed by atoms with Crippen LogP contribution in [0, 0.1) is 0 Å². The van der Waals surface area contributed by atoms with Gasteiger partial charge in [-0.05, 0) is 48.2 Å². The minimum Gasteiger partial charge on any atom is -0.480 e. The van der Waals surface area contributed by atoms with Crippen LogP contribution in [0.2, 0.25) is 0 Å². The van der Waals surface area contributed by atoms with Crippen molar-refractivity contribution in [3.8, 4) is 23.0 Å². The summed E-state index contributed by atoms with van der Waals surface area (Å²) >= 11 is 0. The van der Waals surface area contributed by atoms with Gasteiger partial charge in [0, 0.05) is 17.8 Å². The molecule has 1 aliphatic heterocycles. The molecule has 3 aromatic rings. The van der Waals surface area contributed by atoms with E-state index in [1.807, 2.05) is 18.3 Å². The highest BCUT2D eigenvalue weighted by atomic mass is 19.4. The Labute approximate surface area is 169 Å². The molecule has 2 N–H and O–H groups in total. The number of nitrogens with zero attached hydrogens (tertiary/aromatic N) is 3. The van der Waals surface area contributed by atoms with E-state index in [2.05, 4.69) is 30.3 Å². The zero-order chi connectivity index (χ0) is 21.1. The number of alkyl halides is 3. The molecule has 0 unspecified atom stereocenters. The minimum absolute atomic E-state index is 0.298. The first-order valence-corrected chi connectivity index (χ1v) is 8.84. The van der Waals surface area contributed by atoms with E-state index in [1.54, 1.807) is 6.20 Å². The lowest BCUT2D eigenvalue weighted by molar-refractivity contribution is -0.274. The van der Waals surface area contributed by atoms with Gasteiger partial charge in [0.25, 0.3) is 0 Å². The number of ether oxygens (including phenoxy) is 2. The van der Waals surface area contributed by atoms with Gasteiger partial charge in [0.2, 0.25) is 5.88 Å². The molecule has 7 nitrogen and oxygen atoms in total. The van der Waals surface area contributed by atoms with Gasteiger partial charge in [-0.25, -0.2) is 9.97 Å². The van der Waals surface area contributed by atoms with Crippen molar-refractivity contribution in [3.05, 3.63) is 60.1 Å². The van der Waals surface area contributed by atoms with Gasteiger partial charge < -0.3 is 20.1 Å². The van der Waals surface area contributed by atoms with Crippen molar-refractivity contribution in [2.24, 2.45) is 0 Å². The summed E-state index contributed by atoms with van der Waals surface area (Å²) in [4.78, 5) is 13.1. The number of nitrogens with one attached hydrogen (secondary N) is 2. The van der Waals surface area contributed by atoms with Crippen molar-refractivity contribution in [1.29, 1.82) is 0 Å². The molecule has 0 bridgehead atoms. The summed E-state index contributed by atoms with van der Waals surface area (Å²) in [6.07, 6.45) is 2.07. The zero-order valence-corrected chi connectivity index (χ0v) is 15.7. The number of pyridine rings is 1. The summed E-state index contributed by atoms with van der Waals surface area (Å²) in [6.45, 7) is 0.542. The molecular weight excluding hydrogens is 399 g/mol. The molecule has 1 aliphatic rings. The molecule has 0 amide bonds. The second-order valence-electron chi connectivity index (χ2n) is 6.28. The van der Waals surface area contributed by atoms with E-state index >= 15 is 0 Å². The number of anilines is 2. The van der Waals surface area contributed by atoms with Crippen molar-refractivity contribution in [1.82, 2.24) is 20.3 Å². The average molecular weight is 415 g/mol. The van der Waals surface area contributed by atoms with Crippen molar-refractivity contribution < 1.29 is 22.6 Å². The van der Waals surface area contributed by atoms with Crippen LogP contribution in [0.3, 0.4) is 0 Å². The summed E-state index contributed by atoms with van der Waals surface area (Å²) in [5.41, 5.74) is 3.51. The fourth-order valence-corrected chi connectivity index (χ4v) is 2.92. The smallest absolute Gasteiger partial charge is 0.480 e. The van der Waals surface area contributed by atoms with Crippen LogP contribution >= 0.6 is 0 Å². The van der Waals surface area contributed by atoms with Crippen molar-refractivity contribution >= 4 is 17.6 Å². The molecule has 154 valence electrons. The highest BCUT2D eigenvalue weighted by Gasteiger charge is 2.31. The lowest BCUT2D eigenvalue weighted by Crippen LogP contribution is -2.17. The van der Waals surface area contributed by atoms with Gasteiger partial charge in [0.05, 0.1) is 25.2 Å². The number of benzene rings is 1. The Morgan fingerprint density at radius 1 is 1.07 bits per heavy atom. The third-order valence-corrected chi connectivity index (χ3v) is 4.25. The number of hydrogen-bond donors (Lipinski definition) is 2. The molecular formula is C20H16F3N5O2. The normalized spacial score (nSPS) is 12.7.